The van der Waals surface area contributed by atoms with Crippen LogP contribution in [0.1, 0.15) is 22.8 Å². The molecule has 0 aliphatic carbocycles. The molecule has 3 aliphatic heterocycles. The molecule has 9 atom stereocenters. The molecule has 3 aromatic heterocycles. The van der Waals surface area contributed by atoms with Crippen LogP contribution in [0.2, 0.25) is 0 Å². The number of ether oxygens (including phenoxy) is 2. The Kier molecular flexibility index (Phi) is 7.51. The largest absolute Gasteiger partial charge is 0.464 e. The summed E-state index contributed by atoms with van der Waals surface area (Å²) < 4.78 is 93.0. The summed E-state index contributed by atoms with van der Waals surface area (Å²) in [6.07, 6.45) is -8.83. The zero-order valence-corrected chi connectivity index (χ0v) is 25.1. The topological polar surface area (TPSA) is 233 Å². The monoisotopic (exact) mass is 687 g/mol. The van der Waals surface area contributed by atoms with E-state index in [0.29, 0.717) is 6.26 Å². The zero-order valence-electron chi connectivity index (χ0n) is 22.3. The van der Waals surface area contributed by atoms with E-state index in [1.165, 1.54) is 29.1 Å². The summed E-state index contributed by atoms with van der Waals surface area (Å²) in [5.41, 5.74) is 11.9. The molecule has 6 heterocycles. The fourth-order valence-electron chi connectivity index (χ4n) is 5.15. The second kappa shape index (κ2) is 11.3. The number of nitrogens with two attached hydrogens (primary N) is 2. The molecule has 0 saturated carbocycles. The van der Waals surface area contributed by atoms with Gasteiger partial charge in [-0.25, -0.2) is 33.0 Å². The Bertz CT molecular complexity index is 1930. The summed E-state index contributed by atoms with van der Waals surface area (Å²) in [5, 5.41) is 7.89. The third kappa shape index (κ3) is 5.23. The predicted octanol–water partition coefficient (Wildman–Crippen LogP) is 2.14. The van der Waals surface area contributed by atoms with Gasteiger partial charge in [-0.3, -0.25) is 23.0 Å². The summed E-state index contributed by atoms with van der Waals surface area (Å²) in [6, 6.07) is 4.42. The number of nitrogen functional groups attached to an aromatic ring is 1. The smallest absolute Gasteiger partial charge is 0.437 e. The summed E-state index contributed by atoms with van der Waals surface area (Å²) in [7, 11) is -3.56. The molecule has 45 heavy (non-hydrogen) atoms. The Morgan fingerprint density at radius 2 is 1.98 bits per heavy atom. The first-order chi connectivity index (χ1) is 21.5. The van der Waals surface area contributed by atoms with Crippen molar-refractivity contribution in [2.24, 2.45) is 5.73 Å². The summed E-state index contributed by atoms with van der Waals surface area (Å²) in [6.45, 7) is -5.13. The molecule has 4 N–H and O–H groups in total. The first-order valence-electron chi connectivity index (χ1n) is 12.9. The van der Waals surface area contributed by atoms with E-state index in [-0.39, 0.29) is 33.6 Å². The lowest BCUT2D eigenvalue weighted by Gasteiger charge is -2.23. The molecule has 2 fully saturated rings. The van der Waals surface area contributed by atoms with Crippen LogP contribution in [-0.2, 0) is 36.7 Å². The van der Waals surface area contributed by atoms with Crippen molar-refractivity contribution in [2.45, 2.75) is 43.1 Å². The van der Waals surface area contributed by atoms with Gasteiger partial charge in [0.2, 0.25) is 6.23 Å². The number of imidazole rings is 1. The number of hydrogen-bond acceptors (Lipinski definition) is 15. The number of nitrogens with zero attached hydrogens (tertiary/aromatic N) is 7. The van der Waals surface area contributed by atoms with E-state index in [2.05, 4.69) is 37.5 Å². The fourth-order valence-corrected chi connectivity index (χ4v) is 7.29. The molecule has 238 valence electrons. The van der Waals surface area contributed by atoms with Crippen LogP contribution in [0.3, 0.4) is 0 Å². The number of thiol groups is 1. The molecule has 1 aromatic carbocycles. The van der Waals surface area contributed by atoms with Gasteiger partial charge in [-0.2, -0.15) is 0 Å². The average Bonchev–Trinajstić information content (AvgIpc) is 3.76. The van der Waals surface area contributed by atoms with Gasteiger partial charge in [0.15, 0.2) is 41.9 Å². The second-order valence-electron chi connectivity index (χ2n) is 9.88. The number of primary amides is 1. The number of hydrogen-bond donors (Lipinski definition) is 3. The Morgan fingerprint density at radius 3 is 2.78 bits per heavy atom. The maximum absolute atomic E-state index is 15.9. The number of rotatable bonds is 3. The Labute approximate surface area is 255 Å². The number of alkyl halides is 2. The maximum Gasteiger partial charge on any atom is 0.437 e. The van der Waals surface area contributed by atoms with E-state index in [4.69, 9.17) is 39.0 Å². The Balaban J connectivity index is 1.20. The normalized spacial score (nSPS) is 35.0. The van der Waals surface area contributed by atoms with Gasteiger partial charge in [-0.1, -0.05) is 11.3 Å². The molecule has 2 saturated heterocycles. The van der Waals surface area contributed by atoms with Gasteiger partial charge in [0.25, 0.3) is 5.91 Å². The molecule has 23 heteroatoms. The van der Waals surface area contributed by atoms with E-state index in [0.717, 1.165) is 11.0 Å². The number of amides is 1. The van der Waals surface area contributed by atoms with Crippen molar-refractivity contribution >= 4 is 61.2 Å². The maximum atomic E-state index is 15.9. The van der Waals surface area contributed by atoms with Crippen LogP contribution < -0.4 is 11.5 Å². The molecule has 0 radical (unpaired) electrons. The van der Waals surface area contributed by atoms with Crippen molar-refractivity contribution in [1.29, 1.82) is 0 Å². The van der Waals surface area contributed by atoms with Crippen molar-refractivity contribution in [2.75, 3.05) is 12.3 Å². The summed E-state index contributed by atoms with van der Waals surface area (Å²) >= 11 is 3.92. The van der Waals surface area contributed by atoms with Gasteiger partial charge in [-0.05, 0) is 24.4 Å². The van der Waals surface area contributed by atoms with Gasteiger partial charge in [0.05, 0.1) is 24.0 Å². The average molecular weight is 687 g/mol. The molecule has 3 aliphatic rings. The number of benzene rings is 1. The first-order valence-corrected chi connectivity index (χ1v) is 16.8. The van der Waals surface area contributed by atoms with Gasteiger partial charge in [0.1, 0.15) is 35.8 Å². The Hall–Kier alpha value is -3.71. The molecule has 2 unspecified atom stereocenters. The molecule has 1 amide bonds. The lowest BCUT2D eigenvalue weighted by atomic mass is 10.1. The van der Waals surface area contributed by atoms with E-state index in [1.807, 2.05) is 0 Å². The minimum absolute atomic E-state index is 0.0347. The second-order valence-corrected chi connectivity index (χ2v) is 13.7. The quantitative estimate of drug-likeness (QED) is 0.207. The van der Waals surface area contributed by atoms with E-state index in [9.17, 15) is 13.9 Å². The molecular formula is C22H21F2N9O9P2S. The lowest BCUT2D eigenvalue weighted by Crippen LogP contribution is -2.33. The number of aromatic nitrogens is 7. The zero-order chi connectivity index (χ0) is 31.6. The van der Waals surface area contributed by atoms with Gasteiger partial charge in [0, 0.05) is 0 Å². The highest BCUT2D eigenvalue weighted by Gasteiger charge is 2.52. The molecule has 7 rings (SSSR count). The molecule has 4 aromatic rings. The third-order valence-electron chi connectivity index (χ3n) is 7.19. The molecule has 0 spiro atoms. The van der Waals surface area contributed by atoms with E-state index < -0.39 is 76.4 Å². The Morgan fingerprint density at radius 1 is 1.16 bits per heavy atom. The van der Waals surface area contributed by atoms with Crippen molar-refractivity contribution in [3.8, 4) is 0 Å². The number of carbonyl (C=O) groups excluding carboxylic acids is 1. The van der Waals surface area contributed by atoms with Crippen LogP contribution in [0, 0.1) is 0 Å². The number of carbonyl (C=O) groups is 1. The van der Waals surface area contributed by atoms with Gasteiger partial charge < -0.3 is 30.0 Å². The predicted molar refractivity (Wildman–Crippen MR) is 150 cm³/mol. The fraction of sp³-hybridized carbons (Fsp3) is 0.364. The SMILES string of the molecule is NC(=O)c1cccc2c1nnn2[C@@H]1O/C2=C/O[P@](=O)(S)O[C@@H]3C(CO[PH](=O)O[C@@H]1[C@@H]2F)O[C@@H](n1cnc2c(N)ncnc21)[C@@H]3F. The van der Waals surface area contributed by atoms with E-state index >= 15 is 8.78 Å². The van der Waals surface area contributed by atoms with Crippen LogP contribution in [0.15, 0.2) is 42.9 Å². The van der Waals surface area contributed by atoms with Gasteiger partial charge >= 0.3 is 15.1 Å². The number of halogens is 2. The van der Waals surface area contributed by atoms with Crippen molar-refractivity contribution in [3.05, 3.63) is 48.4 Å². The highest BCUT2D eigenvalue weighted by molar-refractivity contribution is 8.44. The number of anilines is 1. The number of fused-ring (bicyclic) bond motifs is 5. The van der Waals surface area contributed by atoms with Crippen LogP contribution >= 0.6 is 27.3 Å². The third-order valence-corrected chi connectivity index (χ3v) is 9.50. The van der Waals surface area contributed by atoms with Crippen LogP contribution in [0.5, 0.6) is 0 Å². The highest BCUT2D eigenvalue weighted by atomic mass is 32.7. The van der Waals surface area contributed by atoms with Crippen LogP contribution in [0.4, 0.5) is 14.6 Å². The minimum atomic E-state index is -4.50. The highest BCUT2D eigenvalue weighted by Crippen LogP contribution is 2.58. The van der Waals surface area contributed by atoms with Crippen molar-refractivity contribution in [1.82, 2.24) is 34.5 Å². The molecule has 2 bridgehead atoms. The van der Waals surface area contributed by atoms with Gasteiger partial charge in [-0.15, -0.1) is 5.10 Å². The van der Waals surface area contributed by atoms with Crippen LogP contribution in [0.25, 0.3) is 22.2 Å². The minimum Gasteiger partial charge on any atom is -0.464 e. The van der Waals surface area contributed by atoms with E-state index in [1.54, 1.807) is 0 Å². The van der Waals surface area contributed by atoms with Crippen molar-refractivity contribution < 1.29 is 50.3 Å². The summed E-state index contributed by atoms with van der Waals surface area (Å²) in [4.78, 5) is 23.9. The van der Waals surface area contributed by atoms with Crippen molar-refractivity contribution in [3.63, 3.8) is 0 Å². The molecule has 18 nitrogen and oxygen atoms in total. The molecular weight excluding hydrogens is 666 g/mol. The standard InChI is InChI=1S/C22H21F2N9O9P2S/c23-12-10-5-38-44(36,45)42-16-11(40-21(13(16)24)32-7-29-15-18(25)27-6-28-20(15)32)4-37-43(35)41-17(12)22(39-10)33-9-3-1-2-8(19(26)34)14(9)30-31-33/h1-3,5-7,11-13,16-17,21-22,43H,4H2,(H2,26,34)(H,36,45)(H2,25,27,28)/b10-5+/t11?,12-,13-,16-,17-,21-,22-,44+/m1/s1. The summed E-state index contributed by atoms with van der Waals surface area (Å²) in [5.74, 6) is -1.33. The lowest BCUT2D eigenvalue weighted by molar-refractivity contribution is -0.0446. The van der Waals surface area contributed by atoms with Crippen LogP contribution in [-0.4, -0.2) is 77.7 Å². The first kappa shape index (κ1) is 30.0.